The van der Waals surface area contributed by atoms with Crippen molar-refractivity contribution >= 4 is 26.9 Å². The molecule has 5 aromatic rings. The number of nitrogens with zero attached hydrogens (tertiary/aromatic N) is 7. The molecule has 14 heteroatoms. The minimum Gasteiger partial charge on any atom is -0.494 e. The topological polar surface area (TPSA) is 148 Å². The van der Waals surface area contributed by atoms with Crippen LogP contribution in [0.3, 0.4) is 0 Å². The van der Waals surface area contributed by atoms with Crippen LogP contribution in [0.1, 0.15) is 24.4 Å². The van der Waals surface area contributed by atoms with Gasteiger partial charge in [0.25, 0.3) is 0 Å². The van der Waals surface area contributed by atoms with Crippen molar-refractivity contribution in [2.24, 2.45) is 7.05 Å². The highest BCUT2D eigenvalue weighted by molar-refractivity contribution is 7.93. The minimum atomic E-state index is -4.14. The number of methoxy groups -OCH3 is 3. The summed E-state index contributed by atoms with van der Waals surface area (Å²) >= 11 is 0. The second-order valence-corrected chi connectivity index (χ2v) is 11.4. The summed E-state index contributed by atoms with van der Waals surface area (Å²) in [5, 5.41) is 13.1. The van der Waals surface area contributed by atoms with E-state index in [1.165, 1.54) is 28.3 Å². The van der Waals surface area contributed by atoms with Crippen LogP contribution in [0.25, 0.3) is 28.0 Å². The monoisotopic (exact) mass is 578 g/mol. The number of hydrogen-bond donors (Lipinski definition) is 1. The fourth-order valence-corrected chi connectivity index (χ4v) is 5.70. The van der Waals surface area contributed by atoms with Gasteiger partial charge in [-0.25, -0.2) is 18.4 Å². The van der Waals surface area contributed by atoms with Gasteiger partial charge < -0.3 is 14.2 Å². The van der Waals surface area contributed by atoms with E-state index in [9.17, 15) is 8.42 Å². The predicted molar refractivity (Wildman–Crippen MR) is 153 cm³/mol. The van der Waals surface area contributed by atoms with Gasteiger partial charge in [-0.1, -0.05) is 18.2 Å². The van der Waals surface area contributed by atoms with Crippen LogP contribution < -0.4 is 14.2 Å². The highest BCUT2D eigenvalue weighted by Gasteiger charge is 2.35. The molecule has 214 valence electrons. The molecule has 2 atom stereocenters. The average molecular weight is 579 g/mol. The molecule has 0 aliphatic carbocycles. The minimum absolute atomic E-state index is 0.0812. The highest BCUT2D eigenvalue weighted by Crippen LogP contribution is 2.39. The number of benzene rings is 2. The lowest BCUT2D eigenvalue weighted by molar-refractivity contribution is 0.0949. The zero-order chi connectivity index (χ0) is 29.3. The predicted octanol–water partition coefficient (Wildman–Crippen LogP) is 3.45. The van der Waals surface area contributed by atoms with Crippen LogP contribution in [0.2, 0.25) is 0 Å². The summed E-state index contributed by atoms with van der Waals surface area (Å²) in [7, 11) is 2.12. The normalized spacial score (nSPS) is 13.2. The molecule has 5 rings (SSSR count). The zero-order valence-corrected chi connectivity index (χ0v) is 24.2. The molecule has 0 saturated carbocycles. The van der Waals surface area contributed by atoms with Gasteiger partial charge in [0.2, 0.25) is 16.0 Å². The van der Waals surface area contributed by atoms with Crippen molar-refractivity contribution in [2.75, 3.05) is 26.1 Å². The number of ether oxygens (including phenoxy) is 3. The Balaban J connectivity index is 1.67. The first kappa shape index (κ1) is 28.0. The van der Waals surface area contributed by atoms with E-state index in [4.69, 9.17) is 14.2 Å². The molecule has 0 aliphatic rings. The fraction of sp³-hybridized carbons (Fsp3) is 0.296. The van der Waals surface area contributed by atoms with Crippen molar-refractivity contribution in [3.8, 4) is 28.6 Å². The van der Waals surface area contributed by atoms with Crippen molar-refractivity contribution in [1.82, 2.24) is 34.5 Å². The van der Waals surface area contributed by atoms with E-state index in [2.05, 4.69) is 30.0 Å². The van der Waals surface area contributed by atoms with Crippen LogP contribution in [0, 0.1) is 6.92 Å². The maximum Gasteiger partial charge on any atom is 0.243 e. The van der Waals surface area contributed by atoms with Gasteiger partial charge in [0.15, 0.2) is 11.6 Å². The van der Waals surface area contributed by atoms with Gasteiger partial charge in [-0.15, -0.1) is 10.2 Å². The SMILES string of the molecule is COc1cccc(OC)c1-n1c(NS(=O)(=O)[C@@H](C)[C@H](OC)c2ncc(C)cn2)nnc1-c1cccc2cn(C)nc12. The maximum absolute atomic E-state index is 13.8. The van der Waals surface area contributed by atoms with Gasteiger partial charge in [-0.05, 0) is 37.6 Å². The van der Waals surface area contributed by atoms with E-state index in [1.807, 2.05) is 38.4 Å². The molecule has 0 aliphatic heterocycles. The van der Waals surface area contributed by atoms with Gasteiger partial charge in [0, 0.05) is 43.7 Å². The number of fused-ring (bicyclic) bond motifs is 1. The van der Waals surface area contributed by atoms with Gasteiger partial charge in [-0.3, -0.25) is 14.0 Å². The lowest BCUT2D eigenvalue weighted by Gasteiger charge is -2.23. The Bertz CT molecular complexity index is 1780. The Hall–Kier alpha value is -4.56. The second-order valence-electron chi connectivity index (χ2n) is 9.37. The van der Waals surface area contributed by atoms with E-state index in [0.717, 1.165) is 10.9 Å². The molecule has 3 heterocycles. The summed E-state index contributed by atoms with van der Waals surface area (Å²) in [6.45, 7) is 3.36. The molecule has 2 aromatic carbocycles. The number of hydrogen-bond acceptors (Lipinski definition) is 10. The van der Waals surface area contributed by atoms with E-state index in [1.54, 1.807) is 39.8 Å². The Morgan fingerprint density at radius 3 is 2.24 bits per heavy atom. The molecule has 0 spiro atoms. The fourth-order valence-electron chi connectivity index (χ4n) is 4.57. The summed E-state index contributed by atoms with van der Waals surface area (Å²) in [5.41, 5.74) is 2.54. The zero-order valence-electron chi connectivity index (χ0n) is 23.4. The first-order valence-corrected chi connectivity index (χ1v) is 14.2. The summed E-state index contributed by atoms with van der Waals surface area (Å²) in [4.78, 5) is 8.55. The highest BCUT2D eigenvalue weighted by atomic mass is 32.2. The number of nitrogens with one attached hydrogen (secondary N) is 1. The summed E-state index contributed by atoms with van der Waals surface area (Å²) in [6.07, 6.45) is 4.14. The first-order valence-electron chi connectivity index (χ1n) is 12.6. The largest absolute Gasteiger partial charge is 0.494 e. The van der Waals surface area contributed by atoms with Crippen LogP contribution >= 0.6 is 0 Å². The molecular formula is C27H30N8O5S. The lowest BCUT2D eigenvalue weighted by atomic mass is 10.1. The molecular weight excluding hydrogens is 548 g/mol. The molecule has 0 saturated heterocycles. The smallest absolute Gasteiger partial charge is 0.243 e. The number of aryl methyl sites for hydroxylation is 2. The third kappa shape index (κ3) is 5.18. The third-order valence-corrected chi connectivity index (χ3v) is 8.33. The number of para-hydroxylation sites is 1. The standard InChI is InChI=1S/C27H30N8O5S/c1-16-13-28-25(29-14-16)24(40-6)17(2)41(36,37)33-27-31-30-26(19-10-7-9-18-15-34(3)32-22(18)19)35(27)23-20(38-4)11-8-12-21(23)39-5/h7-15,17,24H,1-6H3,(H,31,33)/t17-,24-/m0/s1. The average Bonchev–Trinajstić information content (AvgIpc) is 3.55. The van der Waals surface area contributed by atoms with Crippen molar-refractivity contribution in [2.45, 2.75) is 25.2 Å². The van der Waals surface area contributed by atoms with E-state index in [-0.39, 0.29) is 11.8 Å². The summed E-state index contributed by atoms with van der Waals surface area (Å²) < 4.78 is 50.3. The Kier molecular flexibility index (Phi) is 7.60. The number of rotatable bonds is 10. The molecule has 13 nitrogen and oxygen atoms in total. The summed E-state index contributed by atoms with van der Waals surface area (Å²) in [6, 6.07) is 10.9. The quantitative estimate of drug-likeness (QED) is 0.261. The van der Waals surface area contributed by atoms with Gasteiger partial charge in [-0.2, -0.15) is 5.10 Å². The molecule has 0 amide bonds. The Labute approximate surface area is 237 Å². The van der Waals surface area contributed by atoms with Gasteiger partial charge in [0.05, 0.1) is 14.2 Å². The summed E-state index contributed by atoms with van der Waals surface area (Å²) in [5.74, 6) is 1.31. The van der Waals surface area contributed by atoms with Crippen LogP contribution in [-0.4, -0.2) is 69.5 Å². The Morgan fingerprint density at radius 2 is 1.61 bits per heavy atom. The van der Waals surface area contributed by atoms with Crippen molar-refractivity contribution < 1.29 is 22.6 Å². The second kappa shape index (κ2) is 11.1. The third-order valence-electron chi connectivity index (χ3n) is 6.64. The van der Waals surface area contributed by atoms with Crippen molar-refractivity contribution in [3.63, 3.8) is 0 Å². The Morgan fingerprint density at radius 1 is 0.951 bits per heavy atom. The van der Waals surface area contributed by atoms with Crippen LogP contribution in [0.5, 0.6) is 11.5 Å². The van der Waals surface area contributed by atoms with E-state index < -0.39 is 21.4 Å². The van der Waals surface area contributed by atoms with E-state index in [0.29, 0.717) is 34.1 Å². The maximum atomic E-state index is 13.8. The number of anilines is 1. The van der Waals surface area contributed by atoms with Crippen LogP contribution in [-0.2, 0) is 21.8 Å². The lowest BCUT2D eigenvalue weighted by Crippen LogP contribution is -2.33. The van der Waals surface area contributed by atoms with Crippen molar-refractivity contribution in [1.29, 1.82) is 0 Å². The van der Waals surface area contributed by atoms with Crippen LogP contribution in [0.4, 0.5) is 5.95 Å². The van der Waals surface area contributed by atoms with Gasteiger partial charge in [0.1, 0.15) is 34.1 Å². The number of aromatic nitrogens is 7. The molecule has 0 unspecified atom stereocenters. The number of sulfonamides is 1. The molecule has 0 fully saturated rings. The van der Waals surface area contributed by atoms with E-state index >= 15 is 0 Å². The van der Waals surface area contributed by atoms with Crippen LogP contribution in [0.15, 0.2) is 55.0 Å². The molecule has 0 bridgehead atoms. The van der Waals surface area contributed by atoms with Crippen molar-refractivity contribution in [3.05, 3.63) is 66.4 Å². The molecule has 41 heavy (non-hydrogen) atoms. The van der Waals surface area contributed by atoms with Gasteiger partial charge >= 0.3 is 0 Å². The molecule has 1 N–H and O–H groups in total. The molecule has 0 radical (unpaired) electrons. The first-order chi connectivity index (χ1) is 19.7. The molecule has 3 aromatic heterocycles.